The number of hydrogen-bond acceptors (Lipinski definition) is 2. The highest BCUT2D eigenvalue weighted by Gasteiger charge is 2.05. The van der Waals surface area contributed by atoms with Crippen LogP contribution in [0.2, 0.25) is 5.02 Å². The summed E-state index contributed by atoms with van der Waals surface area (Å²) in [5, 5.41) is 3.09. The minimum atomic E-state index is -0.0827. The SMILES string of the molecule is O=C(CCCCCl)Nc1ncccc1Cl. The molecule has 0 aliphatic heterocycles. The monoisotopic (exact) mass is 246 g/mol. The van der Waals surface area contributed by atoms with Crippen LogP contribution in [-0.4, -0.2) is 16.8 Å². The normalized spacial score (nSPS) is 10.0. The van der Waals surface area contributed by atoms with Gasteiger partial charge in [-0.1, -0.05) is 11.6 Å². The number of unbranched alkanes of at least 4 members (excludes halogenated alkanes) is 1. The molecule has 0 aliphatic rings. The van der Waals surface area contributed by atoms with Crippen LogP contribution < -0.4 is 5.32 Å². The molecule has 0 atom stereocenters. The van der Waals surface area contributed by atoms with E-state index in [4.69, 9.17) is 23.2 Å². The van der Waals surface area contributed by atoms with Crippen molar-refractivity contribution in [2.24, 2.45) is 0 Å². The van der Waals surface area contributed by atoms with Crippen LogP contribution in [0.1, 0.15) is 19.3 Å². The van der Waals surface area contributed by atoms with Crippen molar-refractivity contribution < 1.29 is 4.79 Å². The van der Waals surface area contributed by atoms with E-state index in [0.717, 1.165) is 12.8 Å². The van der Waals surface area contributed by atoms with Crippen LogP contribution >= 0.6 is 23.2 Å². The van der Waals surface area contributed by atoms with E-state index in [-0.39, 0.29) is 5.91 Å². The van der Waals surface area contributed by atoms with Crippen LogP contribution in [0, 0.1) is 0 Å². The molecule has 1 rings (SSSR count). The van der Waals surface area contributed by atoms with Gasteiger partial charge in [-0.25, -0.2) is 4.98 Å². The summed E-state index contributed by atoms with van der Waals surface area (Å²) in [6.45, 7) is 0. The van der Waals surface area contributed by atoms with Crippen molar-refractivity contribution in [2.75, 3.05) is 11.2 Å². The topological polar surface area (TPSA) is 42.0 Å². The van der Waals surface area contributed by atoms with Crippen molar-refractivity contribution in [1.29, 1.82) is 0 Å². The van der Waals surface area contributed by atoms with Gasteiger partial charge in [0, 0.05) is 18.5 Å². The lowest BCUT2D eigenvalue weighted by Crippen LogP contribution is -2.12. The first-order valence-corrected chi connectivity index (χ1v) is 5.61. The summed E-state index contributed by atoms with van der Waals surface area (Å²) >= 11 is 11.3. The van der Waals surface area contributed by atoms with Crippen molar-refractivity contribution in [1.82, 2.24) is 4.98 Å². The zero-order valence-corrected chi connectivity index (χ0v) is 9.68. The Kier molecular flexibility index (Phi) is 5.43. The Morgan fingerprint density at radius 3 is 2.93 bits per heavy atom. The molecule has 1 aromatic rings. The smallest absolute Gasteiger partial charge is 0.225 e. The molecule has 0 aliphatic carbocycles. The fourth-order valence-electron chi connectivity index (χ4n) is 1.05. The molecule has 0 saturated carbocycles. The molecule has 0 spiro atoms. The summed E-state index contributed by atoms with van der Waals surface area (Å²) in [5.41, 5.74) is 0. The van der Waals surface area contributed by atoms with Crippen LogP contribution in [-0.2, 0) is 4.79 Å². The largest absolute Gasteiger partial charge is 0.309 e. The van der Waals surface area contributed by atoms with Crippen molar-refractivity contribution in [3.8, 4) is 0 Å². The number of alkyl halides is 1. The van der Waals surface area contributed by atoms with Gasteiger partial charge in [0.15, 0.2) is 5.82 Å². The van der Waals surface area contributed by atoms with Gasteiger partial charge in [-0.2, -0.15) is 0 Å². The molecule has 15 heavy (non-hydrogen) atoms. The van der Waals surface area contributed by atoms with E-state index < -0.39 is 0 Å². The zero-order chi connectivity index (χ0) is 11.1. The van der Waals surface area contributed by atoms with Gasteiger partial charge in [0.1, 0.15) is 0 Å². The van der Waals surface area contributed by atoms with E-state index in [2.05, 4.69) is 10.3 Å². The van der Waals surface area contributed by atoms with Crippen LogP contribution in [0.5, 0.6) is 0 Å². The number of carbonyl (C=O) groups is 1. The highest BCUT2D eigenvalue weighted by atomic mass is 35.5. The number of anilines is 1. The van der Waals surface area contributed by atoms with Crippen LogP contribution in [0.25, 0.3) is 0 Å². The first-order valence-electron chi connectivity index (χ1n) is 4.70. The third kappa shape index (κ3) is 4.49. The molecule has 1 heterocycles. The Morgan fingerprint density at radius 2 is 2.27 bits per heavy atom. The second-order valence-electron chi connectivity index (χ2n) is 3.03. The fraction of sp³-hybridized carbons (Fsp3) is 0.400. The van der Waals surface area contributed by atoms with Crippen molar-refractivity contribution in [3.63, 3.8) is 0 Å². The number of nitrogens with zero attached hydrogens (tertiary/aromatic N) is 1. The minimum absolute atomic E-state index is 0.0827. The predicted molar refractivity (Wildman–Crippen MR) is 62.4 cm³/mol. The average molecular weight is 247 g/mol. The van der Waals surface area contributed by atoms with Gasteiger partial charge >= 0.3 is 0 Å². The molecule has 1 amide bonds. The number of rotatable bonds is 5. The fourth-order valence-corrected chi connectivity index (χ4v) is 1.41. The van der Waals surface area contributed by atoms with Crippen molar-refractivity contribution in [3.05, 3.63) is 23.4 Å². The number of hydrogen-bond donors (Lipinski definition) is 1. The third-order valence-electron chi connectivity index (χ3n) is 1.80. The summed E-state index contributed by atoms with van der Waals surface area (Å²) in [6.07, 6.45) is 3.64. The lowest BCUT2D eigenvalue weighted by molar-refractivity contribution is -0.116. The first kappa shape index (κ1) is 12.3. The summed E-state index contributed by atoms with van der Waals surface area (Å²) in [7, 11) is 0. The molecule has 1 aromatic heterocycles. The van der Waals surface area contributed by atoms with Crippen LogP contribution in [0.15, 0.2) is 18.3 Å². The van der Waals surface area contributed by atoms with Crippen LogP contribution in [0.3, 0.4) is 0 Å². The molecule has 82 valence electrons. The van der Waals surface area contributed by atoms with Gasteiger partial charge in [-0.15, -0.1) is 11.6 Å². The molecule has 3 nitrogen and oxygen atoms in total. The molecule has 0 radical (unpaired) electrons. The zero-order valence-electron chi connectivity index (χ0n) is 8.17. The highest BCUT2D eigenvalue weighted by Crippen LogP contribution is 2.17. The Morgan fingerprint density at radius 1 is 1.47 bits per heavy atom. The highest BCUT2D eigenvalue weighted by molar-refractivity contribution is 6.33. The van der Waals surface area contributed by atoms with Gasteiger partial charge in [0.05, 0.1) is 5.02 Å². The maximum atomic E-state index is 11.4. The first-order chi connectivity index (χ1) is 7.24. The van der Waals surface area contributed by atoms with Gasteiger partial charge in [-0.3, -0.25) is 4.79 Å². The summed E-state index contributed by atoms with van der Waals surface area (Å²) in [5.74, 6) is 0.910. The number of carbonyl (C=O) groups excluding carboxylic acids is 1. The van der Waals surface area contributed by atoms with E-state index in [1.54, 1.807) is 18.3 Å². The average Bonchev–Trinajstić information content (AvgIpc) is 2.22. The number of halogens is 2. The Bertz CT molecular complexity index is 331. The van der Waals surface area contributed by atoms with Crippen LogP contribution in [0.4, 0.5) is 5.82 Å². The summed E-state index contributed by atoms with van der Waals surface area (Å²) in [4.78, 5) is 15.3. The van der Waals surface area contributed by atoms with E-state index >= 15 is 0 Å². The molecule has 0 fully saturated rings. The quantitative estimate of drug-likeness (QED) is 0.641. The van der Waals surface area contributed by atoms with E-state index in [1.165, 1.54) is 0 Å². The molecule has 0 aromatic carbocycles. The molecule has 0 unspecified atom stereocenters. The van der Waals surface area contributed by atoms with Gasteiger partial charge in [0.2, 0.25) is 5.91 Å². The summed E-state index contributed by atoms with van der Waals surface area (Å²) in [6, 6.07) is 3.40. The number of nitrogens with one attached hydrogen (secondary N) is 1. The predicted octanol–water partition coefficient (Wildman–Crippen LogP) is 3.08. The van der Waals surface area contributed by atoms with Gasteiger partial charge in [-0.05, 0) is 25.0 Å². The second-order valence-corrected chi connectivity index (χ2v) is 3.81. The molecule has 5 heteroatoms. The maximum Gasteiger partial charge on any atom is 0.225 e. The second kappa shape index (κ2) is 6.64. The molecule has 0 bridgehead atoms. The van der Waals surface area contributed by atoms with E-state index in [9.17, 15) is 4.79 Å². The molecular formula is C10H12Cl2N2O. The van der Waals surface area contributed by atoms with E-state index in [1.807, 2.05) is 0 Å². The Balaban J connectivity index is 2.41. The van der Waals surface area contributed by atoms with Crippen molar-refractivity contribution in [2.45, 2.75) is 19.3 Å². The van der Waals surface area contributed by atoms with Crippen molar-refractivity contribution >= 4 is 34.9 Å². The molecular weight excluding hydrogens is 235 g/mol. The number of amides is 1. The maximum absolute atomic E-state index is 11.4. The minimum Gasteiger partial charge on any atom is -0.309 e. The third-order valence-corrected chi connectivity index (χ3v) is 2.38. The summed E-state index contributed by atoms with van der Waals surface area (Å²) < 4.78 is 0. The Labute approximate surface area is 98.8 Å². The van der Waals surface area contributed by atoms with Gasteiger partial charge in [0.25, 0.3) is 0 Å². The molecule has 0 saturated heterocycles. The molecule has 1 N–H and O–H groups in total. The van der Waals surface area contributed by atoms with Gasteiger partial charge < -0.3 is 5.32 Å². The number of pyridine rings is 1. The standard InChI is InChI=1S/C10H12Cl2N2O/c11-6-2-1-5-9(15)14-10-8(12)4-3-7-13-10/h3-4,7H,1-2,5-6H2,(H,13,14,15). The van der Waals surface area contributed by atoms with E-state index in [0.29, 0.717) is 23.1 Å². The lowest BCUT2D eigenvalue weighted by atomic mass is 10.2. The Hall–Kier alpha value is -0.800. The lowest BCUT2D eigenvalue weighted by Gasteiger charge is -2.04. The number of aromatic nitrogens is 1.